The number of fused-ring (bicyclic) bond motifs is 1. The van der Waals surface area contributed by atoms with Gasteiger partial charge in [-0.15, -0.1) is 0 Å². The summed E-state index contributed by atoms with van der Waals surface area (Å²) in [6, 6.07) is 7.20. The van der Waals surface area contributed by atoms with E-state index in [-0.39, 0.29) is 34.6 Å². The number of amides is 1. The molecule has 0 aromatic heterocycles. The molecule has 2 heterocycles. The molecule has 1 aromatic rings. The maximum Gasteiger partial charge on any atom is 0.248 e. The number of methoxy groups -OCH3 is 1. The molecule has 6 nitrogen and oxygen atoms in total. The minimum absolute atomic E-state index is 0.0855. The van der Waals surface area contributed by atoms with Crippen LogP contribution in [0.2, 0.25) is 0 Å². The molecular formula is C17H22N2O4S2. The second-order valence-electron chi connectivity index (χ2n) is 6.75. The lowest BCUT2D eigenvalue weighted by atomic mass is 10.1. The van der Waals surface area contributed by atoms with Crippen LogP contribution in [0.3, 0.4) is 0 Å². The Bertz CT molecular complexity index is 787. The van der Waals surface area contributed by atoms with Crippen LogP contribution in [0.4, 0.5) is 5.69 Å². The fraction of sp³-hybridized carbons (Fsp3) is 0.529. The number of rotatable bonds is 4. The van der Waals surface area contributed by atoms with E-state index >= 15 is 0 Å². The summed E-state index contributed by atoms with van der Waals surface area (Å²) in [7, 11) is -1.46. The number of anilines is 1. The van der Waals surface area contributed by atoms with E-state index in [1.165, 1.54) is 11.8 Å². The summed E-state index contributed by atoms with van der Waals surface area (Å²) in [5, 5.41) is 0.512. The fourth-order valence-electron chi connectivity index (χ4n) is 3.11. The van der Waals surface area contributed by atoms with Gasteiger partial charge < -0.3 is 9.64 Å². The molecule has 1 amide bonds. The average molecular weight is 383 g/mol. The smallest absolute Gasteiger partial charge is 0.248 e. The first-order chi connectivity index (χ1) is 11.8. The van der Waals surface area contributed by atoms with Crippen molar-refractivity contribution in [1.82, 2.24) is 0 Å². The van der Waals surface area contributed by atoms with Crippen LogP contribution < -0.4 is 9.64 Å². The highest BCUT2D eigenvalue weighted by molar-refractivity contribution is 8.16. The van der Waals surface area contributed by atoms with Gasteiger partial charge in [0.1, 0.15) is 5.75 Å². The van der Waals surface area contributed by atoms with Gasteiger partial charge in [-0.2, -0.15) is 4.99 Å². The van der Waals surface area contributed by atoms with Gasteiger partial charge in [0.05, 0.1) is 24.7 Å². The zero-order valence-electron chi connectivity index (χ0n) is 14.5. The van der Waals surface area contributed by atoms with E-state index in [9.17, 15) is 13.2 Å². The molecule has 136 valence electrons. The largest absolute Gasteiger partial charge is 0.497 e. The molecule has 0 spiro atoms. The van der Waals surface area contributed by atoms with Crippen molar-refractivity contribution >= 4 is 38.4 Å². The third kappa shape index (κ3) is 4.00. The molecule has 3 rings (SSSR count). The van der Waals surface area contributed by atoms with Crippen LogP contribution in [0, 0.1) is 5.92 Å². The summed E-state index contributed by atoms with van der Waals surface area (Å²) in [5.41, 5.74) is 0.828. The summed E-state index contributed by atoms with van der Waals surface area (Å²) in [4.78, 5) is 18.4. The molecule has 2 atom stereocenters. The van der Waals surface area contributed by atoms with E-state index in [0.717, 1.165) is 11.4 Å². The van der Waals surface area contributed by atoms with Gasteiger partial charge >= 0.3 is 0 Å². The van der Waals surface area contributed by atoms with Crippen molar-refractivity contribution in [3.8, 4) is 5.75 Å². The predicted octanol–water partition coefficient (Wildman–Crippen LogP) is 2.34. The Balaban J connectivity index is 1.94. The Morgan fingerprint density at radius 1 is 1.32 bits per heavy atom. The third-order valence-electron chi connectivity index (χ3n) is 4.22. The van der Waals surface area contributed by atoms with E-state index in [2.05, 4.69) is 4.99 Å². The van der Waals surface area contributed by atoms with Gasteiger partial charge in [-0.25, -0.2) is 8.42 Å². The SMILES string of the molecule is COc1ccc(N2C(=NC(=O)CC(C)C)S[C@@H]3CS(=O)(=O)C[C@@H]32)cc1. The molecule has 0 bridgehead atoms. The van der Waals surface area contributed by atoms with Crippen molar-refractivity contribution in [2.75, 3.05) is 23.5 Å². The maximum absolute atomic E-state index is 12.2. The van der Waals surface area contributed by atoms with Crippen molar-refractivity contribution in [1.29, 1.82) is 0 Å². The van der Waals surface area contributed by atoms with Crippen molar-refractivity contribution in [2.24, 2.45) is 10.9 Å². The Labute approximate surface area is 152 Å². The molecule has 2 aliphatic heterocycles. The number of nitrogens with zero attached hydrogens (tertiary/aromatic N) is 2. The summed E-state index contributed by atoms with van der Waals surface area (Å²) >= 11 is 1.40. The normalized spacial score (nSPS) is 26.2. The predicted molar refractivity (Wildman–Crippen MR) is 101 cm³/mol. The highest BCUT2D eigenvalue weighted by atomic mass is 32.2. The standard InChI is InChI=1S/C17H22N2O4S2/c1-11(2)8-16(20)18-17-19(12-4-6-13(23-3)7-5-12)14-9-25(21,22)10-15(14)24-17/h4-7,11,14-15H,8-10H2,1-3H3/t14-,15+/m0/s1. The second-order valence-corrected chi connectivity index (χ2v) is 10.1. The lowest BCUT2D eigenvalue weighted by Gasteiger charge is -2.24. The molecule has 2 fully saturated rings. The fourth-order valence-corrected chi connectivity index (χ4v) is 7.04. The van der Waals surface area contributed by atoms with E-state index in [0.29, 0.717) is 11.6 Å². The Kier molecular flexibility index (Phi) is 5.11. The van der Waals surface area contributed by atoms with Gasteiger partial charge in [-0.3, -0.25) is 4.79 Å². The number of thioether (sulfide) groups is 1. The number of ether oxygens (including phenoxy) is 1. The van der Waals surface area contributed by atoms with E-state index in [1.807, 2.05) is 43.0 Å². The lowest BCUT2D eigenvalue weighted by Crippen LogP contribution is -2.37. The maximum atomic E-state index is 12.2. The van der Waals surface area contributed by atoms with E-state index in [4.69, 9.17) is 4.74 Å². The topological polar surface area (TPSA) is 76.0 Å². The highest BCUT2D eigenvalue weighted by Crippen LogP contribution is 2.41. The van der Waals surface area contributed by atoms with Gasteiger partial charge in [0.25, 0.3) is 0 Å². The summed E-state index contributed by atoms with van der Waals surface area (Å²) in [6.07, 6.45) is 0.383. The van der Waals surface area contributed by atoms with Gasteiger partial charge in [-0.1, -0.05) is 25.6 Å². The van der Waals surface area contributed by atoms with Crippen molar-refractivity contribution in [3.63, 3.8) is 0 Å². The van der Waals surface area contributed by atoms with Crippen LogP contribution in [-0.4, -0.2) is 49.4 Å². The molecule has 0 N–H and O–H groups in total. The Morgan fingerprint density at radius 2 is 2.00 bits per heavy atom. The minimum atomic E-state index is -3.06. The molecule has 0 radical (unpaired) electrons. The number of carbonyl (C=O) groups excluding carboxylic acids is 1. The van der Waals surface area contributed by atoms with Crippen LogP contribution in [0.25, 0.3) is 0 Å². The van der Waals surface area contributed by atoms with Crippen LogP contribution >= 0.6 is 11.8 Å². The molecule has 8 heteroatoms. The number of carbonyl (C=O) groups is 1. The second kappa shape index (κ2) is 6.99. The molecule has 2 aliphatic rings. The van der Waals surface area contributed by atoms with Crippen molar-refractivity contribution < 1.29 is 17.9 Å². The molecule has 1 aromatic carbocycles. The van der Waals surface area contributed by atoms with Gasteiger partial charge in [0, 0.05) is 17.4 Å². The summed E-state index contributed by atoms with van der Waals surface area (Å²) < 4.78 is 29.2. The number of sulfone groups is 1. The van der Waals surface area contributed by atoms with Crippen LogP contribution in [-0.2, 0) is 14.6 Å². The van der Waals surface area contributed by atoms with E-state index < -0.39 is 9.84 Å². The number of benzene rings is 1. The first kappa shape index (κ1) is 18.3. The van der Waals surface area contributed by atoms with Crippen molar-refractivity contribution in [3.05, 3.63) is 24.3 Å². The molecule has 0 saturated carbocycles. The minimum Gasteiger partial charge on any atom is -0.497 e. The lowest BCUT2D eigenvalue weighted by molar-refractivity contribution is -0.118. The molecule has 0 unspecified atom stereocenters. The molecule has 0 aliphatic carbocycles. The third-order valence-corrected chi connectivity index (χ3v) is 7.43. The average Bonchev–Trinajstić information content (AvgIpc) is 2.97. The Hall–Kier alpha value is -1.54. The summed E-state index contributed by atoms with van der Waals surface area (Å²) in [6.45, 7) is 3.95. The zero-order chi connectivity index (χ0) is 18.2. The van der Waals surface area contributed by atoms with Crippen molar-refractivity contribution in [2.45, 2.75) is 31.6 Å². The summed E-state index contributed by atoms with van der Waals surface area (Å²) in [5.74, 6) is 1.01. The first-order valence-electron chi connectivity index (χ1n) is 8.21. The number of aliphatic imine (C=N–C) groups is 1. The van der Waals surface area contributed by atoms with Crippen LogP contribution in [0.1, 0.15) is 20.3 Å². The zero-order valence-corrected chi connectivity index (χ0v) is 16.1. The number of hydrogen-bond acceptors (Lipinski definition) is 5. The highest BCUT2D eigenvalue weighted by Gasteiger charge is 2.49. The van der Waals surface area contributed by atoms with Crippen LogP contribution in [0.5, 0.6) is 5.75 Å². The molecule has 25 heavy (non-hydrogen) atoms. The molecule has 2 saturated heterocycles. The quantitative estimate of drug-likeness (QED) is 0.796. The Morgan fingerprint density at radius 3 is 2.60 bits per heavy atom. The number of hydrogen-bond donors (Lipinski definition) is 0. The van der Waals surface area contributed by atoms with E-state index in [1.54, 1.807) is 7.11 Å². The van der Waals surface area contributed by atoms with Gasteiger partial charge in [0.15, 0.2) is 15.0 Å². The van der Waals surface area contributed by atoms with Crippen LogP contribution in [0.15, 0.2) is 29.3 Å². The molecular weight excluding hydrogens is 360 g/mol. The number of amidine groups is 1. The van der Waals surface area contributed by atoms with Gasteiger partial charge in [-0.05, 0) is 30.2 Å². The van der Waals surface area contributed by atoms with Gasteiger partial charge in [0.2, 0.25) is 5.91 Å². The first-order valence-corrected chi connectivity index (χ1v) is 10.9. The monoisotopic (exact) mass is 382 g/mol.